The van der Waals surface area contributed by atoms with E-state index in [2.05, 4.69) is 20.0 Å². The number of amidine groups is 1. The number of hydrogen-bond donors (Lipinski definition) is 4. The van der Waals surface area contributed by atoms with Gasteiger partial charge < -0.3 is 10.3 Å². The van der Waals surface area contributed by atoms with Gasteiger partial charge >= 0.3 is 5.69 Å². The normalized spacial score (nSPS) is 13.9. The molecule has 2 aromatic rings. The Hall–Kier alpha value is -3.21. The second-order valence-electron chi connectivity index (χ2n) is 5.51. The Morgan fingerprint density at radius 2 is 2.04 bits per heavy atom. The van der Waals surface area contributed by atoms with Crippen LogP contribution in [-0.4, -0.2) is 36.7 Å². The Kier molecular flexibility index (Phi) is 4.71. The molecule has 10 nitrogen and oxygen atoms in total. The highest BCUT2D eigenvalue weighted by atomic mass is 32.2. The molecule has 0 saturated heterocycles. The Balaban J connectivity index is 1.82. The second kappa shape index (κ2) is 6.96. The van der Waals surface area contributed by atoms with Gasteiger partial charge in [-0.15, -0.1) is 0 Å². The quantitative estimate of drug-likeness (QED) is 0.580. The molecular formula is C15H15N5O5S. The molecule has 1 aromatic heterocycles. The van der Waals surface area contributed by atoms with Gasteiger partial charge in [0.2, 0.25) is 0 Å². The molecule has 0 saturated carbocycles. The molecule has 2 heterocycles. The van der Waals surface area contributed by atoms with E-state index in [0.29, 0.717) is 18.8 Å². The van der Waals surface area contributed by atoms with Crippen LogP contribution in [0.1, 0.15) is 23.2 Å². The van der Waals surface area contributed by atoms with Gasteiger partial charge in [0.05, 0.1) is 4.90 Å². The minimum absolute atomic E-state index is 0.0553. The highest BCUT2D eigenvalue weighted by Gasteiger charge is 2.19. The lowest BCUT2D eigenvalue weighted by Crippen LogP contribution is -2.30. The second-order valence-corrected chi connectivity index (χ2v) is 7.19. The van der Waals surface area contributed by atoms with Crippen LogP contribution < -0.4 is 21.3 Å². The van der Waals surface area contributed by atoms with E-state index in [1.807, 2.05) is 4.98 Å². The van der Waals surface area contributed by atoms with E-state index in [1.54, 1.807) is 0 Å². The Labute approximate surface area is 147 Å². The van der Waals surface area contributed by atoms with Gasteiger partial charge in [0.25, 0.3) is 21.5 Å². The lowest BCUT2D eigenvalue weighted by molar-refractivity contribution is 0.102. The van der Waals surface area contributed by atoms with Gasteiger partial charge in [-0.05, 0) is 24.6 Å². The first-order chi connectivity index (χ1) is 12.3. The van der Waals surface area contributed by atoms with Gasteiger partial charge in [-0.25, -0.2) is 13.2 Å². The van der Waals surface area contributed by atoms with E-state index in [0.717, 1.165) is 12.6 Å². The maximum Gasteiger partial charge on any atom is 0.325 e. The standard InChI is InChI=1S/C15H15N5O5S/c21-13(11-8-17-15(23)19-14(11)22)18-9-3-1-4-10(7-9)26(24,25)20-12-5-2-6-16-12/h1,3-4,7-8H,2,5-6H2,(H,16,20)(H,18,21)(H2,17,19,22,23). The zero-order valence-corrected chi connectivity index (χ0v) is 14.2. The molecular weight excluding hydrogens is 362 g/mol. The van der Waals surface area contributed by atoms with Crippen LogP contribution in [0.25, 0.3) is 0 Å². The van der Waals surface area contributed by atoms with E-state index in [9.17, 15) is 22.8 Å². The Morgan fingerprint density at radius 1 is 1.23 bits per heavy atom. The SMILES string of the molecule is O=C(Nc1cccc(S(=O)(=O)NC2=NCCC2)c1)c1c[nH]c(=O)[nH]c1=O. The van der Waals surface area contributed by atoms with Crippen molar-refractivity contribution in [3.8, 4) is 0 Å². The molecule has 1 amide bonds. The summed E-state index contributed by atoms with van der Waals surface area (Å²) in [6.45, 7) is 0.585. The van der Waals surface area contributed by atoms with E-state index >= 15 is 0 Å². The molecule has 0 fully saturated rings. The fraction of sp³-hybridized carbons (Fsp3) is 0.200. The number of anilines is 1. The van der Waals surface area contributed by atoms with Gasteiger partial charge in [0.15, 0.2) is 0 Å². The summed E-state index contributed by atoms with van der Waals surface area (Å²) in [5.41, 5.74) is -1.72. The van der Waals surface area contributed by atoms with Crippen LogP contribution in [0.2, 0.25) is 0 Å². The largest absolute Gasteiger partial charge is 0.325 e. The van der Waals surface area contributed by atoms with E-state index in [-0.39, 0.29) is 16.1 Å². The molecule has 0 bridgehead atoms. The van der Waals surface area contributed by atoms with Crippen LogP contribution in [0.15, 0.2) is 49.9 Å². The number of carbonyl (C=O) groups excluding carboxylic acids is 1. The van der Waals surface area contributed by atoms with Gasteiger partial charge in [-0.2, -0.15) is 0 Å². The average molecular weight is 377 g/mol. The molecule has 1 aliphatic heterocycles. The van der Waals surface area contributed by atoms with E-state index in [4.69, 9.17) is 0 Å². The number of amides is 1. The van der Waals surface area contributed by atoms with Crippen LogP contribution >= 0.6 is 0 Å². The number of benzene rings is 1. The first kappa shape index (κ1) is 17.6. The first-order valence-corrected chi connectivity index (χ1v) is 9.13. The lowest BCUT2D eigenvalue weighted by Gasteiger charge is -2.10. The monoisotopic (exact) mass is 377 g/mol. The summed E-state index contributed by atoms with van der Waals surface area (Å²) in [5.74, 6) is -0.385. The highest BCUT2D eigenvalue weighted by molar-refractivity contribution is 7.90. The fourth-order valence-corrected chi connectivity index (χ4v) is 3.49. The van der Waals surface area contributed by atoms with Gasteiger partial charge in [-0.3, -0.25) is 24.3 Å². The molecule has 0 aliphatic carbocycles. The minimum atomic E-state index is -3.83. The third-order valence-electron chi connectivity index (χ3n) is 3.59. The number of aromatic nitrogens is 2. The third kappa shape index (κ3) is 3.88. The van der Waals surface area contributed by atoms with Crippen LogP contribution in [-0.2, 0) is 10.0 Å². The molecule has 0 radical (unpaired) electrons. The van der Waals surface area contributed by atoms with Crippen molar-refractivity contribution >= 4 is 27.5 Å². The van der Waals surface area contributed by atoms with Crippen molar-refractivity contribution in [1.29, 1.82) is 0 Å². The van der Waals surface area contributed by atoms with Gasteiger partial charge in [0.1, 0.15) is 11.4 Å². The molecule has 1 aromatic carbocycles. The number of nitrogens with one attached hydrogen (secondary N) is 4. The molecule has 0 atom stereocenters. The molecule has 26 heavy (non-hydrogen) atoms. The Morgan fingerprint density at radius 3 is 2.73 bits per heavy atom. The van der Waals surface area contributed by atoms with Crippen LogP contribution in [0.3, 0.4) is 0 Å². The van der Waals surface area contributed by atoms with Crippen molar-refractivity contribution in [3.63, 3.8) is 0 Å². The molecule has 3 rings (SSSR count). The van der Waals surface area contributed by atoms with Gasteiger partial charge in [0, 0.05) is 24.8 Å². The van der Waals surface area contributed by atoms with E-state index in [1.165, 1.54) is 24.3 Å². The number of nitrogens with zero attached hydrogens (tertiary/aromatic N) is 1. The van der Waals surface area contributed by atoms with Crippen molar-refractivity contribution in [3.05, 3.63) is 56.9 Å². The fourth-order valence-electron chi connectivity index (χ4n) is 2.35. The molecule has 1 aliphatic rings. The summed E-state index contributed by atoms with van der Waals surface area (Å²) < 4.78 is 27.2. The third-order valence-corrected chi connectivity index (χ3v) is 4.97. The zero-order chi connectivity index (χ0) is 18.7. The summed E-state index contributed by atoms with van der Waals surface area (Å²) in [7, 11) is -3.83. The summed E-state index contributed by atoms with van der Waals surface area (Å²) in [4.78, 5) is 42.9. The lowest BCUT2D eigenvalue weighted by atomic mass is 10.2. The van der Waals surface area contributed by atoms with Crippen LogP contribution in [0, 0.1) is 0 Å². The maximum absolute atomic E-state index is 12.4. The number of aromatic amines is 2. The number of aliphatic imine (C=N–C) groups is 1. The van der Waals surface area contributed by atoms with Crippen LogP contribution in [0.4, 0.5) is 5.69 Å². The summed E-state index contributed by atoms with van der Waals surface area (Å²) >= 11 is 0. The zero-order valence-electron chi connectivity index (χ0n) is 13.4. The number of H-pyrrole nitrogens is 2. The number of carbonyl (C=O) groups is 1. The predicted octanol–water partition coefficient (Wildman–Crippen LogP) is -0.214. The highest BCUT2D eigenvalue weighted by Crippen LogP contribution is 2.16. The first-order valence-electron chi connectivity index (χ1n) is 7.65. The molecule has 11 heteroatoms. The number of rotatable bonds is 4. The summed E-state index contributed by atoms with van der Waals surface area (Å²) in [6.07, 6.45) is 2.34. The summed E-state index contributed by atoms with van der Waals surface area (Å²) in [5, 5.41) is 2.42. The van der Waals surface area contributed by atoms with Crippen molar-refractivity contribution < 1.29 is 13.2 Å². The molecule has 0 unspecified atom stereocenters. The molecule has 0 spiro atoms. The number of sulfonamides is 1. The molecule has 136 valence electrons. The van der Waals surface area contributed by atoms with Crippen molar-refractivity contribution in [2.45, 2.75) is 17.7 Å². The Bertz CT molecular complexity index is 1100. The van der Waals surface area contributed by atoms with Crippen molar-refractivity contribution in [1.82, 2.24) is 14.7 Å². The van der Waals surface area contributed by atoms with Gasteiger partial charge in [-0.1, -0.05) is 6.07 Å². The van der Waals surface area contributed by atoms with Crippen molar-refractivity contribution in [2.24, 2.45) is 4.99 Å². The average Bonchev–Trinajstić information content (AvgIpc) is 3.07. The maximum atomic E-state index is 12.4. The predicted molar refractivity (Wildman–Crippen MR) is 93.9 cm³/mol. The summed E-state index contributed by atoms with van der Waals surface area (Å²) in [6, 6.07) is 5.57. The molecule has 4 N–H and O–H groups in total. The van der Waals surface area contributed by atoms with Crippen LogP contribution in [0.5, 0.6) is 0 Å². The topological polar surface area (TPSA) is 153 Å². The number of hydrogen-bond acceptors (Lipinski definition) is 6. The van der Waals surface area contributed by atoms with E-state index < -0.39 is 27.2 Å². The minimum Gasteiger partial charge on any atom is -0.322 e. The van der Waals surface area contributed by atoms with Crippen molar-refractivity contribution in [2.75, 3.05) is 11.9 Å². The smallest absolute Gasteiger partial charge is 0.322 e.